The number of aromatic nitrogens is 3. The lowest BCUT2D eigenvalue weighted by Gasteiger charge is -2.20. The van der Waals surface area contributed by atoms with E-state index in [1.165, 1.54) is 11.1 Å². The number of rotatable bonds is 8. The van der Waals surface area contributed by atoms with E-state index in [-0.39, 0.29) is 53.8 Å². The quantitative estimate of drug-likeness (QED) is 0.317. The molecule has 2 amide bonds. The van der Waals surface area contributed by atoms with Crippen molar-refractivity contribution in [1.82, 2.24) is 19.9 Å². The van der Waals surface area contributed by atoms with Gasteiger partial charge in [-0.05, 0) is 49.9 Å². The fraction of sp³-hybridized carbons (Fsp3) is 0.429. The standard InChI is InChI=1S/C28H28FN7O8/c29-18-7-17-23(38)20(44-28(40)41)12-35(15-1-2-15)25(17)33-26(18)34-6-5-14(10-34)8-30-9-16-11-36(27(39)43-16)21-4-3-19-24(31-21)32-22(37)13-42-19/h3-4,7,12,14-16,30H,1-2,5-6,8-11,13H2,(H,40,41)(H,31,32,37)/t14-,16-/m0/s1. The van der Waals surface area contributed by atoms with Gasteiger partial charge in [0.05, 0.1) is 18.1 Å². The van der Waals surface area contributed by atoms with Crippen LogP contribution in [0.2, 0.25) is 0 Å². The Morgan fingerprint density at radius 1 is 1.16 bits per heavy atom. The van der Waals surface area contributed by atoms with Gasteiger partial charge in [0.15, 0.2) is 35.6 Å². The molecule has 0 radical (unpaired) electrons. The van der Waals surface area contributed by atoms with Crippen molar-refractivity contribution in [2.24, 2.45) is 5.92 Å². The van der Waals surface area contributed by atoms with Crippen molar-refractivity contribution in [2.75, 3.05) is 54.4 Å². The van der Waals surface area contributed by atoms with Gasteiger partial charge in [0.25, 0.3) is 5.91 Å². The highest BCUT2D eigenvalue weighted by Crippen LogP contribution is 2.38. The fourth-order valence-corrected chi connectivity index (χ4v) is 5.79. The lowest BCUT2D eigenvalue weighted by atomic mass is 10.1. The first-order valence-corrected chi connectivity index (χ1v) is 14.3. The van der Waals surface area contributed by atoms with E-state index in [4.69, 9.17) is 14.6 Å². The maximum absolute atomic E-state index is 15.3. The Bertz CT molecular complexity index is 1750. The molecule has 3 fully saturated rings. The van der Waals surface area contributed by atoms with Crippen molar-refractivity contribution >= 4 is 46.6 Å². The predicted octanol–water partition coefficient (Wildman–Crippen LogP) is 2.09. The maximum atomic E-state index is 15.3. The summed E-state index contributed by atoms with van der Waals surface area (Å²) in [5.74, 6) is -0.0317. The third-order valence-electron chi connectivity index (χ3n) is 8.05. The predicted molar refractivity (Wildman–Crippen MR) is 152 cm³/mol. The summed E-state index contributed by atoms with van der Waals surface area (Å²) in [5, 5.41) is 14.9. The summed E-state index contributed by atoms with van der Waals surface area (Å²) >= 11 is 0. The number of fused-ring (bicyclic) bond motifs is 2. The number of carboxylic acid groups (broad SMARTS) is 1. The molecule has 3 aromatic rings. The number of nitrogens with one attached hydrogen (secondary N) is 2. The Kier molecular flexibility index (Phi) is 6.91. The molecule has 44 heavy (non-hydrogen) atoms. The van der Waals surface area contributed by atoms with Crippen LogP contribution >= 0.6 is 0 Å². The molecule has 0 bridgehead atoms. The van der Waals surface area contributed by atoms with Crippen molar-refractivity contribution in [3.05, 3.63) is 40.4 Å². The first-order chi connectivity index (χ1) is 21.2. The van der Waals surface area contributed by atoms with Crippen molar-refractivity contribution in [1.29, 1.82) is 0 Å². The van der Waals surface area contributed by atoms with E-state index in [9.17, 15) is 19.2 Å². The van der Waals surface area contributed by atoms with E-state index < -0.39 is 29.6 Å². The molecule has 3 N–H and O–H groups in total. The summed E-state index contributed by atoms with van der Waals surface area (Å²) in [6.07, 6.45) is 1.21. The van der Waals surface area contributed by atoms with Crippen LogP contribution in [0.1, 0.15) is 25.3 Å². The molecule has 3 aromatic heterocycles. The summed E-state index contributed by atoms with van der Waals surface area (Å²) in [4.78, 5) is 60.1. The Morgan fingerprint density at radius 3 is 2.80 bits per heavy atom. The smallest absolute Gasteiger partial charge is 0.480 e. The molecule has 2 saturated heterocycles. The number of amides is 2. The zero-order chi connectivity index (χ0) is 30.5. The van der Waals surface area contributed by atoms with Gasteiger partial charge < -0.3 is 39.4 Å². The molecule has 0 unspecified atom stereocenters. The number of carbonyl (C=O) groups excluding carboxylic acids is 2. The highest BCUT2D eigenvalue weighted by Gasteiger charge is 2.35. The molecule has 16 heteroatoms. The number of carbonyl (C=O) groups is 3. The molecule has 1 saturated carbocycles. The lowest BCUT2D eigenvalue weighted by Crippen LogP contribution is -2.34. The minimum absolute atomic E-state index is 0.0295. The van der Waals surface area contributed by atoms with Crippen molar-refractivity contribution in [3.8, 4) is 11.5 Å². The van der Waals surface area contributed by atoms with Gasteiger partial charge in [-0.25, -0.2) is 23.9 Å². The van der Waals surface area contributed by atoms with E-state index >= 15 is 4.39 Å². The summed E-state index contributed by atoms with van der Waals surface area (Å²) in [6.45, 7) is 2.28. The van der Waals surface area contributed by atoms with Gasteiger partial charge in [-0.1, -0.05) is 0 Å². The van der Waals surface area contributed by atoms with E-state index in [0.717, 1.165) is 25.3 Å². The van der Waals surface area contributed by atoms with Gasteiger partial charge in [0.1, 0.15) is 17.6 Å². The molecule has 2 atom stereocenters. The monoisotopic (exact) mass is 609 g/mol. The average molecular weight is 610 g/mol. The van der Waals surface area contributed by atoms with Crippen LogP contribution < -0.4 is 35.3 Å². The number of nitrogens with zero attached hydrogens (tertiary/aromatic N) is 5. The zero-order valence-corrected chi connectivity index (χ0v) is 23.3. The van der Waals surface area contributed by atoms with E-state index in [1.54, 1.807) is 16.7 Å². The van der Waals surface area contributed by atoms with E-state index in [1.807, 2.05) is 4.90 Å². The lowest BCUT2D eigenvalue weighted by molar-refractivity contribution is -0.118. The second-order valence-corrected chi connectivity index (χ2v) is 11.2. The molecule has 0 aromatic carbocycles. The van der Waals surface area contributed by atoms with Crippen LogP contribution in [0, 0.1) is 11.7 Å². The minimum atomic E-state index is -1.62. The van der Waals surface area contributed by atoms with Crippen LogP contribution in [0.25, 0.3) is 11.0 Å². The van der Waals surface area contributed by atoms with Gasteiger partial charge in [0.2, 0.25) is 5.43 Å². The number of hydrogen-bond acceptors (Lipinski definition) is 11. The number of cyclic esters (lactones) is 1. The van der Waals surface area contributed by atoms with Gasteiger partial charge in [-0.15, -0.1) is 0 Å². The molecule has 15 nitrogen and oxygen atoms in total. The summed E-state index contributed by atoms with van der Waals surface area (Å²) < 4.78 is 32.5. The molecule has 4 aliphatic rings. The number of hydrogen-bond donors (Lipinski definition) is 3. The van der Waals surface area contributed by atoms with Gasteiger partial charge >= 0.3 is 12.2 Å². The second kappa shape index (κ2) is 10.9. The number of halogens is 1. The summed E-state index contributed by atoms with van der Waals surface area (Å²) in [6, 6.07) is 4.42. The van der Waals surface area contributed by atoms with Crippen LogP contribution in [-0.2, 0) is 9.53 Å². The van der Waals surface area contributed by atoms with Crippen LogP contribution in [0.5, 0.6) is 11.5 Å². The normalized spacial score (nSPS) is 21.2. The van der Waals surface area contributed by atoms with Crippen LogP contribution in [-0.4, -0.2) is 83.2 Å². The topological polar surface area (TPSA) is 177 Å². The fourth-order valence-electron chi connectivity index (χ4n) is 5.79. The zero-order valence-electron chi connectivity index (χ0n) is 23.3. The van der Waals surface area contributed by atoms with E-state index in [0.29, 0.717) is 43.4 Å². The Labute approximate surface area is 248 Å². The molecular formula is C28H28FN7O8. The molecular weight excluding hydrogens is 581 g/mol. The second-order valence-electron chi connectivity index (χ2n) is 11.2. The molecule has 3 aliphatic heterocycles. The number of anilines is 3. The average Bonchev–Trinajstić information content (AvgIpc) is 3.62. The molecule has 1 aliphatic carbocycles. The van der Waals surface area contributed by atoms with E-state index in [2.05, 4.69) is 25.3 Å². The summed E-state index contributed by atoms with van der Waals surface area (Å²) in [5.41, 5.74) is -0.431. The Hall–Kier alpha value is -4.99. The first kappa shape index (κ1) is 27.8. The molecule has 230 valence electrons. The largest absolute Gasteiger partial charge is 0.511 e. The van der Waals surface area contributed by atoms with Crippen LogP contribution in [0.3, 0.4) is 0 Å². The van der Waals surface area contributed by atoms with Crippen LogP contribution in [0.4, 0.5) is 31.4 Å². The SMILES string of the molecule is O=C1COc2ccc(N3C[C@H](CNC[C@@H]4CCN(c5nc6c(cc5F)c(=O)c(OC(=O)O)cn6C5CC5)C4)OC3=O)nc2N1. The molecule has 6 heterocycles. The number of pyridine rings is 3. The van der Waals surface area contributed by atoms with Crippen molar-refractivity contribution in [3.63, 3.8) is 0 Å². The number of ether oxygens (including phenoxy) is 3. The molecule has 7 rings (SSSR count). The Morgan fingerprint density at radius 2 is 2.00 bits per heavy atom. The van der Waals surface area contributed by atoms with Gasteiger partial charge in [-0.3, -0.25) is 14.5 Å². The highest BCUT2D eigenvalue weighted by atomic mass is 19.1. The van der Waals surface area contributed by atoms with Crippen molar-refractivity contribution < 1.29 is 38.1 Å². The van der Waals surface area contributed by atoms with Crippen LogP contribution in [0.15, 0.2) is 29.2 Å². The van der Waals surface area contributed by atoms with Gasteiger partial charge in [-0.2, -0.15) is 0 Å². The minimum Gasteiger partial charge on any atom is -0.480 e. The van der Waals surface area contributed by atoms with Crippen molar-refractivity contribution in [2.45, 2.75) is 31.4 Å². The summed E-state index contributed by atoms with van der Waals surface area (Å²) in [7, 11) is 0. The Balaban J connectivity index is 0.976. The van der Waals surface area contributed by atoms with Gasteiger partial charge in [0, 0.05) is 25.7 Å². The molecule has 0 spiro atoms. The third-order valence-corrected chi connectivity index (χ3v) is 8.05. The highest BCUT2D eigenvalue weighted by molar-refractivity contribution is 5.95. The maximum Gasteiger partial charge on any atom is 0.511 e. The third kappa shape index (κ3) is 5.32. The first-order valence-electron chi connectivity index (χ1n) is 14.3.